The largest absolute Gasteiger partial charge is 0.411 e. The molecule has 0 unspecified atom stereocenters. The van der Waals surface area contributed by atoms with Crippen LogP contribution in [0.4, 0.5) is 0 Å². The topological polar surface area (TPSA) is 88.3 Å². The van der Waals surface area contributed by atoms with Gasteiger partial charge >= 0.3 is 0 Å². The second-order valence-corrected chi connectivity index (χ2v) is 7.13. The molecule has 0 saturated heterocycles. The summed E-state index contributed by atoms with van der Waals surface area (Å²) in [5, 5.41) is 11.6. The normalized spacial score (nSPS) is 13.5. The van der Waals surface area contributed by atoms with Gasteiger partial charge in [-0.2, -0.15) is 0 Å². The number of benzene rings is 1. The highest BCUT2D eigenvalue weighted by Crippen LogP contribution is 2.25. The van der Waals surface area contributed by atoms with Gasteiger partial charge in [0, 0.05) is 23.7 Å². The Morgan fingerprint density at radius 2 is 2.20 bits per heavy atom. The van der Waals surface area contributed by atoms with Crippen LogP contribution in [0.1, 0.15) is 12.8 Å². The van der Waals surface area contributed by atoms with Gasteiger partial charge in [0.15, 0.2) is 0 Å². The Labute approximate surface area is 154 Å². The lowest BCUT2D eigenvalue weighted by molar-refractivity contribution is -0.132. The predicted molar refractivity (Wildman–Crippen MR) is 94.3 cm³/mol. The first-order chi connectivity index (χ1) is 12.0. The number of carbonyl (C=O) groups is 2. The number of amides is 2. The van der Waals surface area contributed by atoms with Crippen LogP contribution in [-0.2, 0) is 9.59 Å². The summed E-state index contributed by atoms with van der Waals surface area (Å²) in [6.07, 6.45) is 2.04. The van der Waals surface area contributed by atoms with Gasteiger partial charge in [0.05, 0.1) is 12.3 Å². The van der Waals surface area contributed by atoms with Crippen molar-refractivity contribution in [2.75, 3.05) is 19.3 Å². The first-order valence-electron chi connectivity index (χ1n) is 7.77. The minimum Gasteiger partial charge on any atom is -0.411 e. The summed E-state index contributed by atoms with van der Waals surface area (Å²) in [6, 6.07) is 7.37. The third-order valence-corrected chi connectivity index (χ3v) is 4.58. The van der Waals surface area contributed by atoms with E-state index in [1.54, 1.807) is 25.2 Å². The summed E-state index contributed by atoms with van der Waals surface area (Å²) in [7, 11) is 1.60. The van der Waals surface area contributed by atoms with Gasteiger partial charge in [-0.15, -0.1) is 10.2 Å². The highest BCUT2D eigenvalue weighted by molar-refractivity contribution is 7.99. The van der Waals surface area contributed by atoms with Gasteiger partial charge in [0.1, 0.15) is 0 Å². The Kier molecular flexibility index (Phi) is 5.60. The van der Waals surface area contributed by atoms with Crippen molar-refractivity contribution in [2.24, 2.45) is 0 Å². The van der Waals surface area contributed by atoms with Gasteiger partial charge < -0.3 is 14.6 Å². The van der Waals surface area contributed by atoms with Gasteiger partial charge in [0.2, 0.25) is 17.7 Å². The van der Waals surface area contributed by atoms with E-state index in [2.05, 4.69) is 15.5 Å². The maximum Gasteiger partial charge on any atom is 0.277 e. The summed E-state index contributed by atoms with van der Waals surface area (Å²) in [5.74, 6) is 0.141. The van der Waals surface area contributed by atoms with Gasteiger partial charge in [-0.25, -0.2) is 0 Å². The zero-order chi connectivity index (χ0) is 17.8. The quantitative estimate of drug-likeness (QED) is 0.741. The molecule has 1 heterocycles. The fourth-order valence-corrected chi connectivity index (χ4v) is 2.94. The minimum absolute atomic E-state index is 0.0491. The Morgan fingerprint density at radius 1 is 1.40 bits per heavy atom. The molecule has 0 spiro atoms. The van der Waals surface area contributed by atoms with Crippen LogP contribution in [0.2, 0.25) is 5.02 Å². The van der Waals surface area contributed by atoms with E-state index in [9.17, 15) is 9.59 Å². The lowest BCUT2D eigenvalue weighted by Crippen LogP contribution is -2.39. The van der Waals surface area contributed by atoms with Crippen molar-refractivity contribution in [2.45, 2.75) is 24.1 Å². The third-order valence-electron chi connectivity index (χ3n) is 3.55. The van der Waals surface area contributed by atoms with E-state index in [0.717, 1.165) is 24.6 Å². The standard InChI is InChI=1S/C16H17ClN4O3S/c1-21(8-13(22)18-12-5-6-12)14(23)9-25-16-20-19-15(24-16)10-3-2-4-11(17)7-10/h2-4,7,12H,5-6,8-9H2,1H3,(H,18,22). The average Bonchev–Trinajstić information content (AvgIpc) is 3.25. The third kappa shape index (κ3) is 5.20. The summed E-state index contributed by atoms with van der Waals surface area (Å²) in [4.78, 5) is 25.2. The van der Waals surface area contributed by atoms with Crippen LogP contribution in [-0.4, -0.2) is 52.3 Å². The molecule has 1 aromatic heterocycles. The number of thioether (sulfide) groups is 1. The lowest BCUT2D eigenvalue weighted by atomic mass is 10.2. The molecule has 0 bridgehead atoms. The number of likely N-dealkylation sites (N-methyl/N-ethyl adjacent to an activating group) is 1. The minimum atomic E-state index is -0.182. The monoisotopic (exact) mass is 380 g/mol. The van der Waals surface area contributed by atoms with Crippen molar-refractivity contribution in [1.29, 1.82) is 0 Å². The molecule has 25 heavy (non-hydrogen) atoms. The number of aromatic nitrogens is 2. The number of carbonyl (C=O) groups excluding carboxylic acids is 2. The van der Waals surface area contributed by atoms with E-state index in [0.29, 0.717) is 21.7 Å². The molecule has 2 amide bonds. The molecule has 1 fully saturated rings. The number of hydrogen-bond donors (Lipinski definition) is 1. The van der Waals surface area contributed by atoms with E-state index in [1.807, 2.05) is 6.07 Å². The van der Waals surface area contributed by atoms with Crippen molar-refractivity contribution in [3.63, 3.8) is 0 Å². The van der Waals surface area contributed by atoms with Gasteiger partial charge in [0.25, 0.3) is 5.22 Å². The fraction of sp³-hybridized carbons (Fsp3) is 0.375. The molecule has 1 aromatic carbocycles. The van der Waals surface area contributed by atoms with E-state index in [-0.39, 0.29) is 30.2 Å². The SMILES string of the molecule is CN(CC(=O)NC1CC1)C(=O)CSc1nnc(-c2cccc(Cl)c2)o1. The molecule has 1 aliphatic carbocycles. The summed E-state index contributed by atoms with van der Waals surface area (Å²) in [6.45, 7) is 0.0491. The summed E-state index contributed by atoms with van der Waals surface area (Å²) >= 11 is 7.07. The Balaban J connectivity index is 1.49. The highest BCUT2D eigenvalue weighted by atomic mass is 35.5. The van der Waals surface area contributed by atoms with Crippen molar-refractivity contribution < 1.29 is 14.0 Å². The van der Waals surface area contributed by atoms with Crippen LogP contribution in [0.25, 0.3) is 11.5 Å². The molecule has 1 saturated carbocycles. The van der Waals surface area contributed by atoms with E-state index < -0.39 is 0 Å². The first-order valence-corrected chi connectivity index (χ1v) is 9.13. The molecule has 1 N–H and O–H groups in total. The van der Waals surface area contributed by atoms with E-state index in [1.165, 1.54) is 4.90 Å². The van der Waals surface area contributed by atoms with Gasteiger partial charge in [-0.3, -0.25) is 9.59 Å². The van der Waals surface area contributed by atoms with E-state index >= 15 is 0 Å². The maximum atomic E-state index is 12.1. The molecule has 0 radical (unpaired) electrons. The molecule has 3 rings (SSSR count). The average molecular weight is 381 g/mol. The summed E-state index contributed by atoms with van der Waals surface area (Å²) < 4.78 is 5.53. The van der Waals surface area contributed by atoms with Crippen LogP contribution in [0, 0.1) is 0 Å². The number of nitrogens with zero attached hydrogens (tertiary/aromatic N) is 3. The first kappa shape index (κ1) is 17.8. The van der Waals surface area contributed by atoms with Crippen molar-refractivity contribution in [1.82, 2.24) is 20.4 Å². The van der Waals surface area contributed by atoms with Crippen molar-refractivity contribution >= 4 is 35.2 Å². The molecule has 132 valence electrons. The number of halogens is 1. The van der Waals surface area contributed by atoms with E-state index in [4.69, 9.17) is 16.0 Å². The maximum absolute atomic E-state index is 12.1. The molecular weight excluding hydrogens is 364 g/mol. The zero-order valence-electron chi connectivity index (χ0n) is 13.6. The number of rotatable bonds is 7. The van der Waals surface area contributed by atoms with Crippen LogP contribution < -0.4 is 5.32 Å². The van der Waals surface area contributed by atoms with Crippen LogP contribution in [0.15, 0.2) is 33.9 Å². The molecule has 0 aliphatic heterocycles. The Hall–Kier alpha value is -2.06. The van der Waals surface area contributed by atoms with Crippen LogP contribution in [0.3, 0.4) is 0 Å². The Bertz CT molecular complexity index is 778. The molecule has 0 atom stereocenters. The molecule has 1 aliphatic rings. The van der Waals surface area contributed by atoms with Crippen LogP contribution in [0.5, 0.6) is 0 Å². The number of nitrogens with one attached hydrogen (secondary N) is 1. The Morgan fingerprint density at radius 3 is 2.92 bits per heavy atom. The fourth-order valence-electron chi connectivity index (χ4n) is 2.04. The van der Waals surface area contributed by atoms with Crippen molar-refractivity contribution in [3.8, 4) is 11.5 Å². The second kappa shape index (κ2) is 7.88. The lowest BCUT2D eigenvalue weighted by Gasteiger charge is -2.15. The van der Waals surface area contributed by atoms with Crippen LogP contribution >= 0.6 is 23.4 Å². The molecule has 7 nitrogen and oxygen atoms in total. The molecular formula is C16H17ClN4O3S. The van der Waals surface area contributed by atoms with Crippen molar-refractivity contribution in [3.05, 3.63) is 29.3 Å². The summed E-state index contributed by atoms with van der Waals surface area (Å²) in [5.41, 5.74) is 0.715. The smallest absolute Gasteiger partial charge is 0.277 e. The highest BCUT2D eigenvalue weighted by Gasteiger charge is 2.24. The predicted octanol–water partition coefficient (Wildman–Crippen LogP) is 2.22. The van der Waals surface area contributed by atoms with Gasteiger partial charge in [-0.05, 0) is 31.0 Å². The molecule has 2 aromatic rings. The second-order valence-electron chi connectivity index (χ2n) is 5.76. The zero-order valence-corrected chi connectivity index (χ0v) is 15.1. The molecule has 9 heteroatoms. The van der Waals surface area contributed by atoms with Gasteiger partial charge in [-0.1, -0.05) is 29.4 Å². The number of hydrogen-bond acceptors (Lipinski definition) is 6.